The second-order valence-corrected chi connectivity index (χ2v) is 5.42. The fraction of sp³-hybridized carbons (Fsp3) is 0.462. The number of rotatable bonds is 3. The predicted octanol–water partition coefficient (Wildman–Crippen LogP) is 1.56. The van der Waals surface area contributed by atoms with Crippen LogP contribution in [0.5, 0.6) is 5.75 Å². The van der Waals surface area contributed by atoms with Gasteiger partial charge in [-0.15, -0.1) is 0 Å². The molecule has 2 rings (SSSR count). The molecule has 0 bridgehead atoms. The SMILES string of the molecule is COC(=O)N1CCC(Oc2cc(C=O)c(=O)[nH]c2Br)CC1. The van der Waals surface area contributed by atoms with E-state index in [1.807, 2.05) is 0 Å². The van der Waals surface area contributed by atoms with Crippen molar-refractivity contribution in [2.75, 3.05) is 20.2 Å². The standard InChI is InChI=1S/C13H15BrN2O5/c1-20-13(19)16-4-2-9(3-5-16)21-10-6-8(7-17)12(18)15-11(10)14/h6-7,9H,2-5H2,1H3,(H,15,18). The van der Waals surface area contributed by atoms with E-state index < -0.39 is 5.56 Å². The van der Waals surface area contributed by atoms with Crippen molar-refractivity contribution in [2.24, 2.45) is 0 Å². The number of carbonyl (C=O) groups is 2. The molecule has 0 spiro atoms. The lowest BCUT2D eigenvalue weighted by molar-refractivity contribution is 0.0784. The molecule has 7 nitrogen and oxygen atoms in total. The van der Waals surface area contributed by atoms with Crippen molar-refractivity contribution in [3.05, 3.63) is 26.6 Å². The Kier molecular flexibility index (Phi) is 5.00. The summed E-state index contributed by atoms with van der Waals surface area (Å²) in [4.78, 5) is 37.7. The van der Waals surface area contributed by atoms with Gasteiger partial charge in [-0.1, -0.05) is 0 Å². The van der Waals surface area contributed by atoms with E-state index >= 15 is 0 Å². The Morgan fingerprint density at radius 1 is 1.48 bits per heavy atom. The number of halogens is 1. The molecule has 0 aliphatic carbocycles. The predicted molar refractivity (Wildman–Crippen MR) is 77.8 cm³/mol. The van der Waals surface area contributed by atoms with Gasteiger partial charge in [0.25, 0.3) is 5.56 Å². The number of methoxy groups -OCH3 is 1. The molecule has 1 aromatic heterocycles. The van der Waals surface area contributed by atoms with Crippen molar-refractivity contribution in [1.82, 2.24) is 9.88 Å². The maximum absolute atomic E-state index is 11.4. The number of piperidine rings is 1. The van der Waals surface area contributed by atoms with E-state index in [0.29, 0.717) is 42.6 Å². The molecule has 0 unspecified atom stereocenters. The van der Waals surface area contributed by atoms with Crippen molar-refractivity contribution in [1.29, 1.82) is 0 Å². The van der Waals surface area contributed by atoms with Crippen LogP contribution in [0.1, 0.15) is 23.2 Å². The summed E-state index contributed by atoms with van der Waals surface area (Å²) in [5, 5.41) is 0. The third-order valence-electron chi connectivity index (χ3n) is 3.28. The van der Waals surface area contributed by atoms with Gasteiger partial charge in [0, 0.05) is 25.9 Å². The lowest BCUT2D eigenvalue weighted by Crippen LogP contribution is -2.41. The first-order valence-corrected chi connectivity index (χ1v) is 7.22. The van der Waals surface area contributed by atoms with Gasteiger partial charge in [-0.25, -0.2) is 4.79 Å². The van der Waals surface area contributed by atoms with E-state index in [-0.39, 0.29) is 17.8 Å². The fourth-order valence-corrected chi connectivity index (χ4v) is 2.53. The second kappa shape index (κ2) is 6.75. The maximum atomic E-state index is 11.4. The van der Waals surface area contributed by atoms with Crippen LogP contribution in [-0.2, 0) is 4.74 Å². The summed E-state index contributed by atoms with van der Waals surface area (Å²) in [6.45, 7) is 1.08. The highest BCUT2D eigenvalue weighted by atomic mass is 79.9. The van der Waals surface area contributed by atoms with E-state index in [1.165, 1.54) is 13.2 Å². The van der Waals surface area contributed by atoms with Crippen LogP contribution in [0.2, 0.25) is 0 Å². The Hall–Kier alpha value is -1.83. The van der Waals surface area contributed by atoms with Crippen molar-refractivity contribution in [3.8, 4) is 5.75 Å². The van der Waals surface area contributed by atoms with E-state index in [9.17, 15) is 14.4 Å². The van der Waals surface area contributed by atoms with Crippen LogP contribution < -0.4 is 10.3 Å². The molecular formula is C13H15BrN2O5. The number of aromatic amines is 1. The summed E-state index contributed by atoms with van der Waals surface area (Å²) >= 11 is 3.20. The highest BCUT2D eigenvalue weighted by molar-refractivity contribution is 9.10. The van der Waals surface area contributed by atoms with Crippen LogP contribution in [0, 0.1) is 0 Å². The number of aldehydes is 1. The Bertz CT molecular complexity index is 593. The molecule has 1 amide bonds. The summed E-state index contributed by atoms with van der Waals surface area (Å²) in [7, 11) is 1.35. The van der Waals surface area contributed by atoms with Gasteiger partial charge in [-0.05, 0) is 22.0 Å². The molecule has 21 heavy (non-hydrogen) atoms. The number of hydrogen-bond acceptors (Lipinski definition) is 5. The molecule has 1 fully saturated rings. The number of likely N-dealkylation sites (tertiary alicyclic amines) is 1. The molecule has 0 saturated carbocycles. The Balaban J connectivity index is 2.02. The number of aromatic nitrogens is 1. The lowest BCUT2D eigenvalue weighted by Gasteiger charge is -2.31. The van der Waals surface area contributed by atoms with Crippen LogP contribution in [0.4, 0.5) is 4.79 Å². The van der Waals surface area contributed by atoms with E-state index in [0.717, 1.165) is 0 Å². The molecule has 1 aliphatic heterocycles. The zero-order chi connectivity index (χ0) is 15.4. The first-order chi connectivity index (χ1) is 10.0. The first-order valence-electron chi connectivity index (χ1n) is 6.42. The van der Waals surface area contributed by atoms with Gasteiger partial charge in [0.1, 0.15) is 10.7 Å². The number of hydrogen-bond donors (Lipinski definition) is 1. The largest absolute Gasteiger partial charge is 0.488 e. The number of nitrogens with zero attached hydrogens (tertiary/aromatic N) is 1. The zero-order valence-corrected chi connectivity index (χ0v) is 13.0. The minimum atomic E-state index is -0.468. The van der Waals surface area contributed by atoms with Crippen molar-refractivity contribution in [3.63, 3.8) is 0 Å². The van der Waals surface area contributed by atoms with Gasteiger partial charge < -0.3 is 19.4 Å². The number of ether oxygens (including phenoxy) is 2. The minimum Gasteiger partial charge on any atom is -0.488 e. The monoisotopic (exact) mass is 358 g/mol. The number of carbonyl (C=O) groups excluding carboxylic acids is 2. The normalized spacial score (nSPS) is 15.6. The molecule has 1 aliphatic rings. The third kappa shape index (κ3) is 3.63. The molecule has 1 N–H and O–H groups in total. The molecule has 0 aromatic carbocycles. The van der Waals surface area contributed by atoms with Gasteiger partial charge in [-0.3, -0.25) is 9.59 Å². The summed E-state index contributed by atoms with van der Waals surface area (Å²) in [5.41, 5.74) is -0.454. The quantitative estimate of drug-likeness (QED) is 0.654. The summed E-state index contributed by atoms with van der Waals surface area (Å²) in [5.74, 6) is 0.410. The highest BCUT2D eigenvalue weighted by Crippen LogP contribution is 2.25. The fourth-order valence-electron chi connectivity index (χ4n) is 2.14. The number of pyridine rings is 1. The van der Waals surface area contributed by atoms with Crippen LogP contribution in [0.3, 0.4) is 0 Å². The summed E-state index contributed by atoms with van der Waals surface area (Å²) in [6, 6.07) is 1.41. The van der Waals surface area contributed by atoms with Gasteiger partial charge in [0.15, 0.2) is 12.0 Å². The minimum absolute atomic E-state index is 0.0141. The Morgan fingerprint density at radius 2 is 2.14 bits per heavy atom. The average molecular weight is 359 g/mol. The van der Waals surface area contributed by atoms with Crippen LogP contribution in [0.25, 0.3) is 0 Å². The van der Waals surface area contributed by atoms with Crippen molar-refractivity contribution < 1.29 is 19.1 Å². The van der Waals surface area contributed by atoms with Crippen molar-refractivity contribution >= 4 is 28.3 Å². The van der Waals surface area contributed by atoms with E-state index in [4.69, 9.17) is 4.74 Å². The average Bonchev–Trinajstić information content (AvgIpc) is 2.50. The van der Waals surface area contributed by atoms with Gasteiger partial charge in [-0.2, -0.15) is 0 Å². The Labute approximate surface area is 129 Å². The molecule has 1 aromatic rings. The molecule has 8 heteroatoms. The first kappa shape index (κ1) is 15.6. The van der Waals surface area contributed by atoms with E-state index in [2.05, 4.69) is 25.7 Å². The topological polar surface area (TPSA) is 88.7 Å². The molecule has 1 saturated heterocycles. The maximum Gasteiger partial charge on any atom is 0.409 e. The summed E-state index contributed by atoms with van der Waals surface area (Å²) < 4.78 is 10.9. The second-order valence-electron chi connectivity index (χ2n) is 4.62. The zero-order valence-electron chi connectivity index (χ0n) is 11.4. The number of amides is 1. The van der Waals surface area contributed by atoms with Crippen molar-refractivity contribution in [2.45, 2.75) is 18.9 Å². The third-order valence-corrected chi connectivity index (χ3v) is 3.87. The Morgan fingerprint density at radius 3 is 2.71 bits per heavy atom. The van der Waals surface area contributed by atoms with Gasteiger partial charge in [0.2, 0.25) is 0 Å². The van der Waals surface area contributed by atoms with Crippen LogP contribution in [0.15, 0.2) is 15.5 Å². The summed E-state index contributed by atoms with van der Waals surface area (Å²) in [6.07, 6.45) is 1.35. The molecule has 114 valence electrons. The van der Waals surface area contributed by atoms with Gasteiger partial charge >= 0.3 is 6.09 Å². The highest BCUT2D eigenvalue weighted by Gasteiger charge is 2.25. The smallest absolute Gasteiger partial charge is 0.409 e. The number of H-pyrrole nitrogens is 1. The molecule has 0 atom stereocenters. The molecular weight excluding hydrogens is 344 g/mol. The van der Waals surface area contributed by atoms with Crippen LogP contribution >= 0.6 is 15.9 Å². The molecule has 2 heterocycles. The van der Waals surface area contributed by atoms with Gasteiger partial charge in [0.05, 0.1) is 12.7 Å². The van der Waals surface area contributed by atoms with E-state index in [1.54, 1.807) is 4.90 Å². The van der Waals surface area contributed by atoms with Crippen LogP contribution in [-0.4, -0.2) is 48.6 Å². The molecule has 0 radical (unpaired) electrons. The lowest BCUT2D eigenvalue weighted by atomic mass is 10.1. The number of nitrogens with one attached hydrogen (secondary N) is 1.